The molecule has 0 aliphatic rings. The SMILES string of the molecule is COc1cc(Br)ccc1C(=O)NCCCCn1ccnc1. The largest absolute Gasteiger partial charge is 0.496 e. The Kier molecular flexibility index (Phi) is 5.80. The normalized spacial score (nSPS) is 10.4. The maximum Gasteiger partial charge on any atom is 0.255 e. The van der Waals surface area contributed by atoms with Gasteiger partial charge in [-0.25, -0.2) is 4.98 Å². The number of aromatic nitrogens is 2. The number of aryl methyl sites for hydroxylation is 1. The van der Waals surface area contributed by atoms with Crippen LogP contribution in [-0.2, 0) is 6.54 Å². The van der Waals surface area contributed by atoms with E-state index in [-0.39, 0.29) is 5.91 Å². The van der Waals surface area contributed by atoms with Crippen LogP contribution in [0.25, 0.3) is 0 Å². The summed E-state index contributed by atoms with van der Waals surface area (Å²) in [6.45, 7) is 1.56. The van der Waals surface area contributed by atoms with Crippen molar-refractivity contribution in [2.24, 2.45) is 0 Å². The van der Waals surface area contributed by atoms with Gasteiger partial charge in [-0.05, 0) is 31.0 Å². The van der Waals surface area contributed by atoms with Gasteiger partial charge in [0.2, 0.25) is 0 Å². The van der Waals surface area contributed by atoms with Crippen molar-refractivity contribution in [3.8, 4) is 5.75 Å². The van der Waals surface area contributed by atoms with Crippen LogP contribution in [0.4, 0.5) is 0 Å². The first-order valence-corrected chi connectivity index (χ1v) is 7.57. The van der Waals surface area contributed by atoms with Crippen LogP contribution in [0.1, 0.15) is 23.2 Å². The molecule has 1 aromatic heterocycles. The van der Waals surface area contributed by atoms with E-state index in [0.717, 1.165) is 23.9 Å². The maximum atomic E-state index is 12.1. The maximum absolute atomic E-state index is 12.1. The second kappa shape index (κ2) is 7.83. The number of ether oxygens (including phenoxy) is 1. The highest BCUT2D eigenvalue weighted by atomic mass is 79.9. The Labute approximate surface area is 132 Å². The zero-order chi connectivity index (χ0) is 15.1. The predicted molar refractivity (Wildman–Crippen MR) is 84.5 cm³/mol. The van der Waals surface area contributed by atoms with Crippen molar-refractivity contribution in [1.82, 2.24) is 14.9 Å². The molecule has 2 aromatic rings. The predicted octanol–water partition coefficient (Wildman–Crippen LogP) is 2.86. The summed E-state index contributed by atoms with van der Waals surface area (Å²) in [5, 5.41) is 2.91. The van der Waals surface area contributed by atoms with E-state index in [4.69, 9.17) is 4.74 Å². The number of carbonyl (C=O) groups excluding carboxylic acids is 1. The minimum absolute atomic E-state index is 0.109. The van der Waals surface area contributed by atoms with E-state index in [1.54, 1.807) is 31.8 Å². The van der Waals surface area contributed by atoms with E-state index in [1.165, 1.54) is 0 Å². The number of carbonyl (C=O) groups is 1. The van der Waals surface area contributed by atoms with Crippen LogP contribution < -0.4 is 10.1 Å². The number of hydrogen-bond donors (Lipinski definition) is 1. The molecule has 0 atom stereocenters. The number of unbranched alkanes of at least 4 members (excludes halogenated alkanes) is 1. The Morgan fingerprint density at radius 3 is 3.00 bits per heavy atom. The number of benzene rings is 1. The minimum atomic E-state index is -0.109. The molecule has 1 heterocycles. The molecular formula is C15H18BrN3O2. The van der Waals surface area contributed by atoms with Gasteiger partial charge in [0.25, 0.3) is 5.91 Å². The lowest BCUT2D eigenvalue weighted by atomic mass is 10.2. The third-order valence-corrected chi connectivity index (χ3v) is 3.59. The Bertz CT molecular complexity index is 585. The molecule has 21 heavy (non-hydrogen) atoms. The molecule has 6 heteroatoms. The zero-order valence-corrected chi connectivity index (χ0v) is 13.5. The number of imidazole rings is 1. The van der Waals surface area contributed by atoms with Crippen molar-refractivity contribution in [2.75, 3.05) is 13.7 Å². The zero-order valence-electron chi connectivity index (χ0n) is 11.9. The molecule has 5 nitrogen and oxygen atoms in total. The van der Waals surface area contributed by atoms with Gasteiger partial charge in [0.1, 0.15) is 5.75 Å². The molecule has 1 amide bonds. The monoisotopic (exact) mass is 351 g/mol. The summed E-state index contributed by atoms with van der Waals surface area (Å²) >= 11 is 3.36. The van der Waals surface area contributed by atoms with E-state index in [1.807, 2.05) is 16.8 Å². The van der Waals surface area contributed by atoms with E-state index in [2.05, 4.69) is 26.2 Å². The first kappa shape index (κ1) is 15.6. The van der Waals surface area contributed by atoms with Crippen LogP contribution in [0.15, 0.2) is 41.4 Å². The highest BCUT2D eigenvalue weighted by molar-refractivity contribution is 9.10. The van der Waals surface area contributed by atoms with Gasteiger partial charge in [0.05, 0.1) is 19.0 Å². The van der Waals surface area contributed by atoms with Crippen molar-refractivity contribution in [3.63, 3.8) is 0 Å². The van der Waals surface area contributed by atoms with Crippen LogP contribution in [-0.4, -0.2) is 29.1 Å². The topological polar surface area (TPSA) is 56.1 Å². The fraction of sp³-hybridized carbons (Fsp3) is 0.333. The third-order valence-electron chi connectivity index (χ3n) is 3.10. The molecular weight excluding hydrogens is 334 g/mol. The van der Waals surface area contributed by atoms with E-state index in [0.29, 0.717) is 17.9 Å². The smallest absolute Gasteiger partial charge is 0.255 e. The number of halogens is 1. The molecule has 0 aliphatic carbocycles. The van der Waals surface area contributed by atoms with E-state index < -0.39 is 0 Å². The number of nitrogens with one attached hydrogen (secondary N) is 1. The molecule has 0 bridgehead atoms. The molecule has 0 unspecified atom stereocenters. The van der Waals surface area contributed by atoms with Gasteiger partial charge in [0.15, 0.2) is 0 Å². The minimum Gasteiger partial charge on any atom is -0.496 e. The van der Waals surface area contributed by atoms with Crippen molar-refractivity contribution in [3.05, 3.63) is 47.0 Å². The van der Waals surface area contributed by atoms with Crippen LogP contribution in [0.3, 0.4) is 0 Å². The van der Waals surface area contributed by atoms with Crippen LogP contribution >= 0.6 is 15.9 Å². The fourth-order valence-electron chi connectivity index (χ4n) is 1.99. The van der Waals surface area contributed by atoms with Crippen LogP contribution in [0.2, 0.25) is 0 Å². The van der Waals surface area contributed by atoms with Crippen LogP contribution in [0.5, 0.6) is 5.75 Å². The highest BCUT2D eigenvalue weighted by Crippen LogP contribution is 2.23. The summed E-state index contributed by atoms with van der Waals surface area (Å²) < 4.78 is 8.14. The number of amides is 1. The summed E-state index contributed by atoms with van der Waals surface area (Å²) in [6.07, 6.45) is 7.41. The van der Waals surface area contributed by atoms with Crippen molar-refractivity contribution >= 4 is 21.8 Å². The second-order valence-corrected chi connectivity index (χ2v) is 5.52. The van der Waals surface area contributed by atoms with Crippen molar-refractivity contribution in [1.29, 1.82) is 0 Å². The van der Waals surface area contributed by atoms with E-state index >= 15 is 0 Å². The summed E-state index contributed by atoms with van der Waals surface area (Å²) in [4.78, 5) is 16.1. The number of nitrogens with zero attached hydrogens (tertiary/aromatic N) is 2. The molecule has 0 saturated heterocycles. The van der Waals surface area contributed by atoms with Gasteiger partial charge < -0.3 is 14.6 Å². The van der Waals surface area contributed by atoms with Crippen molar-refractivity contribution < 1.29 is 9.53 Å². The lowest BCUT2D eigenvalue weighted by Gasteiger charge is -2.10. The first-order valence-electron chi connectivity index (χ1n) is 6.78. The molecule has 0 saturated carbocycles. The van der Waals surface area contributed by atoms with Crippen molar-refractivity contribution in [2.45, 2.75) is 19.4 Å². The lowest BCUT2D eigenvalue weighted by Crippen LogP contribution is -2.25. The number of rotatable bonds is 7. The quantitative estimate of drug-likeness (QED) is 0.780. The Morgan fingerprint density at radius 2 is 2.29 bits per heavy atom. The fourth-order valence-corrected chi connectivity index (χ4v) is 2.33. The lowest BCUT2D eigenvalue weighted by molar-refractivity contribution is 0.0950. The summed E-state index contributed by atoms with van der Waals surface area (Å²) in [5.41, 5.74) is 0.551. The molecule has 1 aromatic carbocycles. The highest BCUT2D eigenvalue weighted by Gasteiger charge is 2.11. The molecule has 2 rings (SSSR count). The molecule has 0 aliphatic heterocycles. The summed E-state index contributed by atoms with van der Waals surface area (Å²) in [6, 6.07) is 5.37. The number of hydrogen-bond acceptors (Lipinski definition) is 3. The Balaban J connectivity index is 1.76. The van der Waals surface area contributed by atoms with Gasteiger partial charge in [-0.1, -0.05) is 15.9 Å². The molecule has 0 radical (unpaired) electrons. The second-order valence-electron chi connectivity index (χ2n) is 4.61. The average molecular weight is 352 g/mol. The first-order chi connectivity index (χ1) is 10.2. The summed E-state index contributed by atoms with van der Waals surface area (Å²) in [7, 11) is 1.56. The van der Waals surface area contributed by atoms with E-state index in [9.17, 15) is 4.79 Å². The van der Waals surface area contributed by atoms with Gasteiger partial charge in [-0.2, -0.15) is 0 Å². The van der Waals surface area contributed by atoms with Gasteiger partial charge >= 0.3 is 0 Å². The molecule has 0 spiro atoms. The van der Waals surface area contributed by atoms with Crippen LogP contribution in [0, 0.1) is 0 Å². The molecule has 0 fully saturated rings. The molecule has 1 N–H and O–H groups in total. The third kappa shape index (κ3) is 4.60. The summed E-state index contributed by atoms with van der Waals surface area (Å²) in [5.74, 6) is 0.460. The molecule has 112 valence electrons. The average Bonchev–Trinajstić information content (AvgIpc) is 2.99. The van der Waals surface area contributed by atoms with Gasteiger partial charge in [-0.15, -0.1) is 0 Å². The van der Waals surface area contributed by atoms with Gasteiger partial charge in [0, 0.05) is 30.0 Å². The number of methoxy groups -OCH3 is 1. The Morgan fingerprint density at radius 1 is 1.43 bits per heavy atom. The standard InChI is InChI=1S/C15H18BrN3O2/c1-21-14-10-12(16)4-5-13(14)15(20)18-6-2-3-8-19-9-7-17-11-19/h4-5,7,9-11H,2-3,6,8H2,1H3,(H,18,20). The van der Waals surface area contributed by atoms with Gasteiger partial charge in [-0.3, -0.25) is 4.79 Å². The Hall–Kier alpha value is -1.82.